The second kappa shape index (κ2) is 9.72. The Morgan fingerprint density at radius 2 is 2.11 bits per heavy atom. The Morgan fingerprint density at radius 1 is 1.26 bits per heavy atom. The summed E-state index contributed by atoms with van der Waals surface area (Å²) < 4.78 is 15.8. The zero-order chi connectivity index (χ0) is 13.9. The molecule has 19 heavy (non-hydrogen) atoms. The van der Waals surface area contributed by atoms with Crippen molar-refractivity contribution in [3.05, 3.63) is 24.0 Å². The Bertz CT molecular complexity index is 347. The summed E-state index contributed by atoms with van der Waals surface area (Å²) in [4.78, 5) is 4.18. The molecule has 5 nitrogen and oxygen atoms in total. The quantitative estimate of drug-likeness (QED) is 0.656. The van der Waals surface area contributed by atoms with Crippen molar-refractivity contribution >= 4 is 0 Å². The predicted molar refractivity (Wildman–Crippen MR) is 74.5 cm³/mol. The number of nitrogens with one attached hydrogen (secondary N) is 1. The largest absolute Gasteiger partial charge is 0.495 e. The molecule has 0 aliphatic heterocycles. The van der Waals surface area contributed by atoms with E-state index >= 15 is 0 Å². The molecule has 0 radical (unpaired) electrons. The molecule has 5 heteroatoms. The van der Waals surface area contributed by atoms with Crippen molar-refractivity contribution in [1.29, 1.82) is 0 Å². The van der Waals surface area contributed by atoms with Crippen LogP contribution in [0.25, 0.3) is 0 Å². The first-order valence-corrected chi connectivity index (χ1v) is 6.60. The van der Waals surface area contributed by atoms with Gasteiger partial charge in [0.15, 0.2) is 0 Å². The van der Waals surface area contributed by atoms with E-state index in [1.54, 1.807) is 20.4 Å². The molecule has 0 aliphatic rings. The minimum absolute atomic E-state index is 0.124. The summed E-state index contributed by atoms with van der Waals surface area (Å²) in [6.07, 6.45) is 4.62. The summed E-state index contributed by atoms with van der Waals surface area (Å²) in [6, 6.07) is 2.11. The van der Waals surface area contributed by atoms with Crippen molar-refractivity contribution in [3.63, 3.8) is 0 Å². The number of hydrogen-bond donors (Lipinski definition) is 1. The van der Waals surface area contributed by atoms with Crippen LogP contribution in [0.4, 0.5) is 0 Å². The monoisotopic (exact) mass is 268 g/mol. The molecule has 1 atom stereocenters. The van der Waals surface area contributed by atoms with Crippen molar-refractivity contribution in [2.75, 3.05) is 40.6 Å². The van der Waals surface area contributed by atoms with E-state index in [0.717, 1.165) is 24.3 Å². The number of nitrogens with zero attached hydrogens (tertiary/aromatic N) is 1. The van der Waals surface area contributed by atoms with Gasteiger partial charge in [-0.15, -0.1) is 0 Å². The highest BCUT2D eigenvalue weighted by molar-refractivity contribution is 5.26. The van der Waals surface area contributed by atoms with Gasteiger partial charge < -0.3 is 19.5 Å². The number of pyridine rings is 1. The van der Waals surface area contributed by atoms with Crippen LogP contribution >= 0.6 is 0 Å². The van der Waals surface area contributed by atoms with Crippen molar-refractivity contribution in [2.24, 2.45) is 0 Å². The van der Waals surface area contributed by atoms with E-state index in [2.05, 4.69) is 17.2 Å². The maximum absolute atomic E-state index is 5.61. The molecular weight excluding hydrogens is 244 g/mol. The van der Waals surface area contributed by atoms with Crippen LogP contribution in [0, 0.1) is 0 Å². The lowest BCUT2D eigenvalue weighted by molar-refractivity contribution is 0.0585. The lowest BCUT2D eigenvalue weighted by Gasteiger charge is -2.19. The van der Waals surface area contributed by atoms with Gasteiger partial charge in [-0.1, -0.05) is 6.92 Å². The van der Waals surface area contributed by atoms with E-state index in [1.807, 2.05) is 12.3 Å². The van der Waals surface area contributed by atoms with Crippen LogP contribution in [0.1, 0.15) is 24.9 Å². The molecule has 0 bridgehead atoms. The molecule has 0 amide bonds. The van der Waals surface area contributed by atoms with E-state index in [1.165, 1.54) is 0 Å². The van der Waals surface area contributed by atoms with E-state index in [0.29, 0.717) is 19.8 Å². The minimum atomic E-state index is 0.124. The summed E-state index contributed by atoms with van der Waals surface area (Å²) in [5.41, 5.74) is 1.07. The van der Waals surface area contributed by atoms with Gasteiger partial charge in [0, 0.05) is 13.3 Å². The SMILES string of the molecule is CCCNC(COCCOC)c1cncc(OC)c1. The van der Waals surface area contributed by atoms with Crippen molar-refractivity contribution in [2.45, 2.75) is 19.4 Å². The Morgan fingerprint density at radius 3 is 2.79 bits per heavy atom. The van der Waals surface area contributed by atoms with Gasteiger partial charge in [-0.3, -0.25) is 4.98 Å². The Hall–Kier alpha value is -1.17. The fourth-order valence-corrected chi connectivity index (χ4v) is 1.67. The van der Waals surface area contributed by atoms with Gasteiger partial charge in [0.1, 0.15) is 5.75 Å². The van der Waals surface area contributed by atoms with Crippen molar-refractivity contribution in [3.8, 4) is 5.75 Å². The molecule has 108 valence electrons. The molecule has 0 aliphatic carbocycles. The molecule has 0 saturated heterocycles. The topological polar surface area (TPSA) is 52.6 Å². The lowest BCUT2D eigenvalue weighted by atomic mass is 10.1. The van der Waals surface area contributed by atoms with Crippen LogP contribution in [0.2, 0.25) is 0 Å². The molecule has 0 aromatic carbocycles. The number of rotatable bonds is 10. The van der Waals surface area contributed by atoms with Crippen LogP contribution in [-0.4, -0.2) is 45.6 Å². The molecule has 1 aromatic rings. The van der Waals surface area contributed by atoms with Gasteiger partial charge in [-0.05, 0) is 24.6 Å². The van der Waals surface area contributed by atoms with Gasteiger partial charge in [-0.25, -0.2) is 0 Å². The fraction of sp³-hybridized carbons (Fsp3) is 0.643. The van der Waals surface area contributed by atoms with E-state index in [9.17, 15) is 0 Å². The maximum atomic E-state index is 5.61. The van der Waals surface area contributed by atoms with Crippen LogP contribution < -0.4 is 10.1 Å². The molecule has 1 unspecified atom stereocenters. The van der Waals surface area contributed by atoms with E-state index in [4.69, 9.17) is 14.2 Å². The van der Waals surface area contributed by atoms with Crippen LogP contribution in [0.15, 0.2) is 18.5 Å². The molecule has 0 fully saturated rings. The van der Waals surface area contributed by atoms with Crippen molar-refractivity contribution in [1.82, 2.24) is 10.3 Å². The summed E-state index contributed by atoms with van der Waals surface area (Å²) >= 11 is 0. The number of aromatic nitrogens is 1. The van der Waals surface area contributed by atoms with Gasteiger partial charge in [0.2, 0.25) is 0 Å². The van der Waals surface area contributed by atoms with Gasteiger partial charge in [0.25, 0.3) is 0 Å². The molecule has 1 rings (SSSR count). The maximum Gasteiger partial charge on any atom is 0.137 e. The van der Waals surface area contributed by atoms with Crippen LogP contribution in [0.5, 0.6) is 5.75 Å². The van der Waals surface area contributed by atoms with Gasteiger partial charge >= 0.3 is 0 Å². The average Bonchev–Trinajstić information content (AvgIpc) is 2.46. The first-order valence-electron chi connectivity index (χ1n) is 6.60. The summed E-state index contributed by atoms with van der Waals surface area (Å²) in [6.45, 7) is 4.88. The number of methoxy groups -OCH3 is 2. The van der Waals surface area contributed by atoms with E-state index in [-0.39, 0.29) is 6.04 Å². The first-order chi connectivity index (χ1) is 9.31. The second-order valence-electron chi connectivity index (χ2n) is 4.23. The van der Waals surface area contributed by atoms with Crippen molar-refractivity contribution < 1.29 is 14.2 Å². The van der Waals surface area contributed by atoms with Crippen LogP contribution in [-0.2, 0) is 9.47 Å². The average molecular weight is 268 g/mol. The molecular formula is C14H24N2O3. The molecule has 0 spiro atoms. The Kier molecular flexibility index (Phi) is 8.13. The molecule has 1 N–H and O–H groups in total. The second-order valence-corrected chi connectivity index (χ2v) is 4.23. The standard InChI is InChI=1S/C14H24N2O3/c1-4-5-16-14(11-19-7-6-17-2)12-8-13(18-3)10-15-9-12/h8-10,14,16H,4-7,11H2,1-3H3. The highest BCUT2D eigenvalue weighted by Crippen LogP contribution is 2.18. The lowest BCUT2D eigenvalue weighted by Crippen LogP contribution is -2.27. The summed E-state index contributed by atoms with van der Waals surface area (Å²) in [5, 5.41) is 3.45. The Balaban J connectivity index is 2.60. The van der Waals surface area contributed by atoms with E-state index < -0.39 is 0 Å². The van der Waals surface area contributed by atoms with Crippen LogP contribution in [0.3, 0.4) is 0 Å². The third kappa shape index (κ3) is 6.00. The summed E-state index contributed by atoms with van der Waals surface area (Å²) in [7, 11) is 3.31. The smallest absolute Gasteiger partial charge is 0.137 e. The number of ether oxygens (including phenoxy) is 3. The zero-order valence-corrected chi connectivity index (χ0v) is 12.0. The third-order valence-corrected chi connectivity index (χ3v) is 2.73. The fourth-order valence-electron chi connectivity index (χ4n) is 1.67. The Labute approximate surface area is 115 Å². The minimum Gasteiger partial charge on any atom is -0.495 e. The third-order valence-electron chi connectivity index (χ3n) is 2.73. The highest BCUT2D eigenvalue weighted by Gasteiger charge is 2.12. The number of hydrogen-bond acceptors (Lipinski definition) is 5. The molecule has 1 heterocycles. The normalized spacial score (nSPS) is 12.4. The zero-order valence-electron chi connectivity index (χ0n) is 12.0. The predicted octanol–water partition coefficient (Wildman–Crippen LogP) is 1.79. The van der Waals surface area contributed by atoms with Gasteiger partial charge in [-0.2, -0.15) is 0 Å². The molecule has 1 aromatic heterocycles. The summed E-state index contributed by atoms with van der Waals surface area (Å²) in [5.74, 6) is 0.762. The molecule has 0 saturated carbocycles. The van der Waals surface area contributed by atoms with Gasteiger partial charge in [0.05, 0.1) is 39.2 Å². The first kappa shape index (κ1) is 15.9. The highest BCUT2D eigenvalue weighted by atomic mass is 16.5.